The third-order valence-corrected chi connectivity index (χ3v) is 5.50. The predicted octanol–water partition coefficient (Wildman–Crippen LogP) is 4.53. The molecule has 0 aliphatic carbocycles. The monoisotopic (exact) mass is 451 g/mol. The van der Waals surface area contributed by atoms with E-state index in [1.807, 2.05) is 65.2 Å². The molecular weight excluding hydrogens is 430 g/mol. The maximum Gasteiger partial charge on any atom is 0.337 e. The van der Waals surface area contributed by atoms with Crippen molar-refractivity contribution < 1.29 is 14.3 Å². The van der Waals surface area contributed by atoms with Gasteiger partial charge in [0.15, 0.2) is 11.5 Å². The second kappa shape index (κ2) is 8.67. The van der Waals surface area contributed by atoms with Crippen molar-refractivity contribution in [1.82, 2.24) is 19.5 Å². The molecule has 168 valence electrons. The number of fused-ring (bicyclic) bond motifs is 1. The highest BCUT2D eigenvalue weighted by Gasteiger charge is 2.19. The van der Waals surface area contributed by atoms with E-state index in [4.69, 9.17) is 25.2 Å². The van der Waals surface area contributed by atoms with Crippen molar-refractivity contribution in [3.05, 3.63) is 84.6 Å². The summed E-state index contributed by atoms with van der Waals surface area (Å²) in [4.78, 5) is 25.9. The lowest BCUT2D eigenvalue weighted by molar-refractivity contribution is 0.0600. The van der Waals surface area contributed by atoms with Gasteiger partial charge in [-0.1, -0.05) is 12.1 Å². The van der Waals surface area contributed by atoms with Crippen LogP contribution in [-0.4, -0.2) is 39.7 Å². The van der Waals surface area contributed by atoms with E-state index in [0.717, 1.165) is 22.7 Å². The number of pyridine rings is 2. The fraction of sp³-hybridized carbons (Fsp3) is 0.0769. The van der Waals surface area contributed by atoms with E-state index in [0.29, 0.717) is 33.9 Å². The molecule has 0 spiro atoms. The van der Waals surface area contributed by atoms with E-state index in [-0.39, 0.29) is 0 Å². The Morgan fingerprint density at radius 2 is 1.76 bits per heavy atom. The van der Waals surface area contributed by atoms with Crippen LogP contribution in [0.4, 0.5) is 5.82 Å². The summed E-state index contributed by atoms with van der Waals surface area (Å²) < 4.78 is 12.1. The van der Waals surface area contributed by atoms with Crippen molar-refractivity contribution in [3.63, 3.8) is 0 Å². The molecule has 5 aromatic rings. The lowest BCUT2D eigenvalue weighted by Crippen LogP contribution is -2.04. The topological polar surface area (TPSA) is 105 Å². The summed E-state index contributed by atoms with van der Waals surface area (Å²) in [5, 5.41) is 0. The van der Waals surface area contributed by atoms with Gasteiger partial charge in [-0.2, -0.15) is 0 Å². The smallest absolute Gasteiger partial charge is 0.337 e. The number of imidazole rings is 1. The van der Waals surface area contributed by atoms with Gasteiger partial charge in [-0.3, -0.25) is 4.57 Å². The molecule has 0 amide bonds. The Hall–Kier alpha value is -4.72. The minimum atomic E-state index is -0.405. The predicted molar refractivity (Wildman–Crippen MR) is 130 cm³/mol. The molecule has 5 rings (SSSR count). The molecular formula is C26H21N5O3. The average Bonchev–Trinajstić information content (AvgIpc) is 3.27. The molecule has 0 radical (unpaired) electrons. The summed E-state index contributed by atoms with van der Waals surface area (Å²) in [6.45, 7) is 0. The zero-order valence-corrected chi connectivity index (χ0v) is 18.6. The molecule has 0 aliphatic rings. The minimum Gasteiger partial charge on any atom is -0.497 e. The molecule has 0 atom stereocenters. The number of rotatable bonds is 5. The molecule has 2 aromatic carbocycles. The summed E-state index contributed by atoms with van der Waals surface area (Å²) in [6.07, 6.45) is 1.64. The van der Waals surface area contributed by atoms with Gasteiger partial charge in [0.1, 0.15) is 17.1 Å². The maximum atomic E-state index is 11.9. The minimum absolute atomic E-state index is 0.359. The van der Waals surface area contributed by atoms with E-state index < -0.39 is 5.97 Å². The molecule has 8 nitrogen and oxygen atoms in total. The van der Waals surface area contributed by atoms with Crippen LogP contribution in [0, 0.1) is 0 Å². The molecule has 3 heterocycles. The van der Waals surface area contributed by atoms with Crippen LogP contribution in [0.2, 0.25) is 0 Å². The average molecular weight is 451 g/mol. The van der Waals surface area contributed by atoms with Crippen LogP contribution in [-0.2, 0) is 4.74 Å². The molecule has 2 N–H and O–H groups in total. The van der Waals surface area contributed by atoms with Gasteiger partial charge in [0.2, 0.25) is 0 Å². The van der Waals surface area contributed by atoms with E-state index >= 15 is 0 Å². The Bertz CT molecular complexity index is 1510. The number of ether oxygens (including phenoxy) is 2. The van der Waals surface area contributed by atoms with E-state index in [1.165, 1.54) is 7.11 Å². The van der Waals surface area contributed by atoms with Crippen molar-refractivity contribution in [2.75, 3.05) is 20.0 Å². The summed E-state index contributed by atoms with van der Waals surface area (Å²) in [5.41, 5.74) is 11.1. The Balaban J connectivity index is 1.74. The van der Waals surface area contributed by atoms with Crippen LogP contribution >= 0.6 is 0 Å². The number of anilines is 1. The van der Waals surface area contributed by atoms with Crippen molar-refractivity contribution in [2.24, 2.45) is 0 Å². The normalized spacial score (nSPS) is 10.9. The van der Waals surface area contributed by atoms with E-state index in [1.54, 1.807) is 25.4 Å². The number of nitrogens with two attached hydrogens (primary N) is 1. The Kier molecular flexibility index (Phi) is 5.39. The standard InChI is InChI=1S/C26H21N5O3/c1-33-19-6-3-5-17(15-19)21-12-13-22-25(29-21)31(18-10-8-16(9-11-18)26(32)34-2)24(30-22)20-7-4-14-28-23(20)27/h3-15H,1-2H3,(H2,27,28). The van der Waals surface area contributed by atoms with Gasteiger partial charge in [0, 0.05) is 17.4 Å². The molecule has 34 heavy (non-hydrogen) atoms. The Morgan fingerprint density at radius 1 is 0.941 bits per heavy atom. The number of benzene rings is 2. The van der Waals surface area contributed by atoms with Gasteiger partial charge in [0.25, 0.3) is 0 Å². The summed E-state index contributed by atoms with van der Waals surface area (Å²) in [7, 11) is 2.99. The maximum absolute atomic E-state index is 11.9. The van der Waals surface area contributed by atoms with Crippen LogP contribution in [0.1, 0.15) is 10.4 Å². The molecule has 3 aromatic heterocycles. The summed E-state index contributed by atoms with van der Waals surface area (Å²) in [5.74, 6) is 1.30. The number of esters is 1. The van der Waals surface area contributed by atoms with Crippen LogP contribution in [0.3, 0.4) is 0 Å². The van der Waals surface area contributed by atoms with Crippen molar-refractivity contribution in [3.8, 4) is 34.1 Å². The molecule has 0 unspecified atom stereocenters. The van der Waals surface area contributed by atoms with Gasteiger partial charge >= 0.3 is 5.97 Å². The van der Waals surface area contributed by atoms with Gasteiger partial charge < -0.3 is 15.2 Å². The van der Waals surface area contributed by atoms with E-state index in [2.05, 4.69) is 4.98 Å². The highest BCUT2D eigenvalue weighted by atomic mass is 16.5. The SMILES string of the molecule is COC(=O)c1ccc(-n2c(-c3cccnc3N)nc3ccc(-c4cccc(OC)c4)nc32)cc1. The third-order valence-electron chi connectivity index (χ3n) is 5.50. The highest BCUT2D eigenvalue weighted by Crippen LogP contribution is 2.32. The second-order valence-electron chi connectivity index (χ2n) is 7.52. The number of nitrogens with zero attached hydrogens (tertiary/aromatic N) is 4. The Labute approximate surface area is 195 Å². The fourth-order valence-corrected chi connectivity index (χ4v) is 3.80. The van der Waals surface area contributed by atoms with Gasteiger partial charge in [-0.05, 0) is 60.7 Å². The molecule has 0 aliphatic heterocycles. The number of hydrogen-bond acceptors (Lipinski definition) is 7. The molecule has 0 saturated heterocycles. The Morgan fingerprint density at radius 3 is 2.50 bits per heavy atom. The van der Waals surface area contributed by atoms with E-state index in [9.17, 15) is 4.79 Å². The van der Waals surface area contributed by atoms with Gasteiger partial charge in [-0.15, -0.1) is 0 Å². The van der Waals surface area contributed by atoms with Gasteiger partial charge in [-0.25, -0.2) is 19.7 Å². The number of methoxy groups -OCH3 is 2. The zero-order chi connectivity index (χ0) is 23.7. The lowest BCUT2D eigenvalue weighted by Gasteiger charge is -2.11. The summed E-state index contributed by atoms with van der Waals surface area (Å²) >= 11 is 0. The fourth-order valence-electron chi connectivity index (χ4n) is 3.80. The highest BCUT2D eigenvalue weighted by molar-refractivity contribution is 5.90. The van der Waals surface area contributed by atoms with Crippen LogP contribution < -0.4 is 10.5 Å². The number of carbonyl (C=O) groups is 1. The second-order valence-corrected chi connectivity index (χ2v) is 7.52. The van der Waals surface area contributed by atoms with Crippen LogP contribution in [0.5, 0.6) is 5.75 Å². The quantitative estimate of drug-likeness (QED) is 0.392. The third kappa shape index (κ3) is 3.71. The van der Waals surface area contributed by atoms with Crippen molar-refractivity contribution >= 4 is 23.0 Å². The largest absolute Gasteiger partial charge is 0.497 e. The molecule has 0 fully saturated rings. The molecule has 0 saturated carbocycles. The van der Waals surface area contributed by atoms with Crippen LogP contribution in [0.25, 0.3) is 39.5 Å². The summed E-state index contributed by atoms with van der Waals surface area (Å²) in [6, 6.07) is 22.3. The first kappa shape index (κ1) is 21.1. The lowest BCUT2D eigenvalue weighted by atomic mass is 10.1. The number of nitrogen functional groups attached to an aromatic ring is 1. The van der Waals surface area contributed by atoms with Crippen LogP contribution in [0.15, 0.2) is 79.0 Å². The zero-order valence-electron chi connectivity index (χ0n) is 18.6. The molecule has 8 heteroatoms. The number of hydrogen-bond donors (Lipinski definition) is 1. The number of carbonyl (C=O) groups excluding carboxylic acids is 1. The number of aromatic nitrogens is 4. The first-order chi connectivity index (χ1) is 16.6. The van der Waals surface area contributed by atoms with Crippen molar-refractivity contribution in [1.29, 1.82) is 0 Å². The first-order valence-corrected chi connectivity index (χ1v) is 10.5. The molecule has 0 bridgehead atoms. The van der Waals surface area contributed by atoms with Crippen molar-refractivity contribution in [2.45, 2.75) is 0 Å². The first-order valence-electron chi connectivity index (χ1n) is 10.5. The van der Waals surface area contributed by atoms with Gasteiger partial charge in [0.05, 0.1) is 31.0 Å².